The Labute approximate surface area is 133 Å². The summed E-state index contributed by atoms with van der Waals surface area (Å²) in [7, 11) is 1.62. The maximum absolute atomic E-state index is 11.7. The lowest BCUT2D eigenvalue weighted by Crippen LogP contribution is -2.33. The van der Waals surface area contributed by atoms with Crippen LogP contribution >= 0.6 is 0 Å². The summed E-state index contributed by atoms with van der Waals surface area (Å²) < 4.78 is 5.22. The van der Waals surface area contributed by atoms with Crippen LogP contribution in [0.3, 0.4) is 0 Å². The standard InChI is InChI=1S/C16H21N3O4/c1-23-11-2-4-14-12(8-11)10(9-19-14)6-7-18-15(20)5-3-13(17)16(21)22/h2,4,8-9,13,19H,3,5-7,17H2,1H3,(H,18,20)(H,21,22). The fourth-order valence-electron chi connectivity index (χ4n) is 2.33. The first-order valence-corrected chi connectivity index (χ1v) is 7.40. The monoisotopic (exact) mass is 319 g/mol. The normalized spacial score (nSPS) is 12.1. The second-order valence-electron chi connectivity index (χ2n) is 5.31. The average Bonchev–Trinajstić information content (AvgIpc) is 2.94. The van der Waals surface area contributed by atoms with E-state index in [1.54, 1.807) is 7.11 Å². The number of hydrogen-bond donors (Lipinski definition) is 4. The van der Waals surface area contributed by atoms with Crippen LogP contribution in [-0.4, -0.2) is 41.7 Å². The zero-order valence-electron chi connectivity index (χ0n) is 13.0. The molecule has 5 N–H and O–H groups in total. The lowest BCUT2D eigenvalue weighted by atomic mass is 10.1. The first-order valence-electron chi connectivity index (χ1n) is 7.40. The number of aromatic amines is 1. The van der Waals surface area contributed by atoms with Crippen molar-refractivity contribution >= 4 is 22.8 Å². The summed E-state index contributed by atoms with van der Waals surface area (Å²) in [4.78, 5) is 25.4. The third-order valence-corrected chi connectivity index (χ3v) is 3.69. The highest BCUT2D eigenvalue weighted by molar-refractivity contribution is 5.84. The summed E-state index contributed by atoms with van der Waals surface area (Å²) in [6.45, 7) is 0.477. The number of hydrogen-bond acceptors (Lipinski definition) is 4. The average molecular weight is 319 g/mol. The second kappa shape index (κ2) is 7.64. The lowest BCUT2D eigenvalue weighted by molar-refractivity contribution is -0.138. The number of carbonyl (C=O) groups is 2. The predicted octanol–water partition coefficient (Wildman–Crippen LogP) is 1.03. The summed E-state index contributed by atoms with van der Waals surface area (Å²) in [6.07, 6.45) is 2.82. The van der Waals surface area contributed by atoms with Crippen molar-refractivity contribution in [3.8, 4) is 5.75 Å². The molecule has 0 aliphatic heterocycles. The number of fused-ring (bicyclic) bond motifs is 1. The largest absolute Gasteiger partial charge is 0.497 e. The van der Waals surface area contributed by atoms with E-state index >= 15 is 0 Å². The fourth-order valence-corrected chi connectivity index (χ4v) is 2.33. The molecule has 0 radical (unpaired) electrons. The number of aliphatic carboxylic acids is 1. The van der Waals surface area contributed by atoms with Crippen molar-refractivity contribution in [3.05, 3.63) is 30.0 Å². The van der Waals surface area contributed by atoms with Gasteiger partial charge in [-0.1, -0.05) is 0 Å². The molecule has 0 spiro atoms. The van der Waals surface area contributed by atoms with Crippen LogP contribution in [0.2, 0.25) is 0 Å². The Morgan fingerprint density at radius 2 is 2.22 bits per heavy atom. The van der Waals surface area contributed by atoms with Crippen LogP contribution in [0.4, 0.5) is 0 Å². The molecule has 2 aromatic rings. The molecular formula is C16H21N3O4. The zero-order valence-corrected chi connectivity index (χ0v) is 13.0. The van der Waals surface area contributed by atoms with E-state index in [4.69, 9.17) is 15.6 Å². The number of aromatic nitrogens is 1. The molecule has 7 nitrogen and oxygen atoms in total. The van der Waals surface area contributed by atoms with Gasteiger partial charge in [0.15, 0.2) is 0 Å². The Kier molecular flexibility index (Phi) is 5.59. The van der Waals surface area contributed by atoms with Crippen LogP contribution in [0.1, 0.15) is 18.4 Å². The molecule has 1 heterocycles. The maximum atomic E-state index is 11.7. The van der Waals surface area contributed by atoms with E-state index in [1.165, 1.54) is 0 Å². The summed E-state index contributed by atoms with van der Waals surface area (Å²) in [5.41, 5.74) is 7.46. The Morgan fingerprint density at radius 3 is 2.91 bits per heavy atom. The minimum absolute atomic E-state index is 0.106. The van der Waals surface area contributed by atoms with Crippen LogP contribution in [0.5, 0.6) is 5.75 Å². The molecule has 1 atom stereocenters. The highest BCUT2D eigenvalue weighted by Crippen LogP contribution is 2.23. The minimum atomic E-state index is -1.09. The summed E-state index contributed by atoms with van der Waals surface area (Å²) in [5, 5.41) is 12.5. The lowest BCUT2D eigenvalue weighted by Gasteiger charge is -2.07. The smallest absolute Gasteiger partial charge is 0.320 e. The molecule has 0 fully saturated rings. The number of carboxylic acids is 1. The molecule has 0 saturated carbocycles. The molecule has 0 aliphatic rings. The van der Waals surface area contributed by atoms with E-state index in [-0.39, 0.29) is 18.7 Å². The highest BCUT2D eigenvalue weighted by atomic mass is 16.5. The number of amides is 1. The Hall–Kier alpha value is -2.54. The van der Waals surface area contributed by atoms with Crippen molar-refractivity contribution < 1.29 is 19.4 Å². The molecule has 0 saturated heterocycles. The molecule has 2 rings (SSSR count). The molecule has 1 aromatic heterocycles. The minimum Gasteiger partial charge on any atom is -0.497 e. The first kappa shape index (κ1) is 16.8. The Balaban J connectivity index is 1.84. The van der Waals surface area contributed by atoms with Crippen LogP contribution in [0, 0.1) is 0 Å². The summed E-state index contributed by atoms with van der Waals surface area (Å²) in [6, 6.07) is 4.79. The second-order valence-corrected chi connectivity index (χ2v) is 5.31. The van der Waals surface area contributed by atoms with Gasteiger partial charge in [-0.15, -0.1) is 0 Å². The van der Waals surface area contributed by atoms with E-state index in [0.29, 0.717) is 13.0 Å². The third kappa shape index (κ3) is 4.46. The number of ether oxygens (including phenoxy) is 1. The number of carboxylic acid groups (broad SMARTS) is 1. The van der Waals surface area contributed by atoms with Gasteiger partial charge in [-0.25, -0.2) is 0 Å². The van der Waals surface area contributed by atoms with Crippen LogP contribution in [-0.2, 0) is 16.0 Å². The van der Waals surface area contributed by atoms with Gasteiger partial charge >= 0.3 is 5.97 Å². The highest BCUT2D eigenvalue weighted by Gasteiger charge is 2.13. The van der Waals surface area contributed by atoms with Crippen LogP contribution < -0.4 is 15.8 Å². The molecule has 124 valence electrons. The molecule has 1 amide bonds. The number of H-pyrrole nitrogens is 1. The van der Waals surface area contributed by atoms with Gasteiger partial charge < -0.3 is 25.9 Å². The number of rotatable bonds is 8. The van der Waals surface area contributed by atoms with E-state index in [2.05, 4.69) is 10.3 Å². The number of methoxy groups -OCH3 is 1. The van der Waals surface area contributed by atoms with Crippen molar-refractivity contribution in [2.45, 2.75) is 25.3 Å². The molecular weight excluding hydrogens is 298 g/mol. The van der Waals surface area contributed by atoms with Crippen molar-refractivity contribution in [3.63, 3.8) is 0 Å². The van der Waals surface area contributed by atoms with Crippen LogP contribution in [0.15, 0.2) is 24.4 Å². The van der Waals surface area contributed by atoms with E-state index in [1.807, 2.05) is 24.4 Å². The maximum Gasteiger partial charge on any atom is 0.320 e. The Bertz CT molecular complexity index is 696. The van der Waals surface area contributed by atoms with Gasteiger partial charge in [-0.3, -0.25) is 9.59 Å². The topological polar surface area (TPSA) is 117 Å². The number of nitrogens with one attached hydrogen (secondary N) is 2. The van der Waals surface area contributed by atoms with Gasteiger partial charge in [0, 0.05) is 30.1 Å². The number of carbonyl (C=O) groups excluding carboxylic acids is 1. The molecule has 7 heteroatoms. The molecule has 0 aliphatic carbocycles. The predicted molar refractivity (Wildman–Crippen MR) is 86.4 cm³/mol. The zero-order chi connectivity index (χ0) is 16.8. The van der Waals surface area contributed by atoms with Crippen molar-refractivity contribution in [1.82, 2.24) is 10.3 Å². The van der Waals surface area contributed by atoms with Crippen molar-refractivity contribution in [2.24, 2.45) is 5.73 Å². The molecule has 0 bridgehead atoms. The van der Waals surface area contributed by atoms with E-state index in [0.717, 1.165) is 22.2 Å². The first-order chi connectivity index (χ1) is 11.0. The van der Waals surface area contributed by atoms with Gasteiger partial charge in [0.2, 0.25) is 5.91 Å². The molecule has 23 heavy (non-hydrogen) atoms. The number of benzene rings is 1. The van der Waals surface area contributed by atoms with Gasteiger partial charge in [0.05, 0.1) is 7.11 Å². The van der Waals surface area contributed by atoms with Gasteiger partial charge in [-0.05, 0) is 36.6 Å². The van der Waals surface area contributed by atoms with E-state index < -0.39 is 12.0 Å². The molecule has 1 unspecified atom stereocenters. The quantitative estimate of drug-likeness (QED) is 0.579. The van der Waals surface area contributed by atoms with E-state index in [9.17, 15) is 9.59 Å². The Morgan fingerprint density at radius 1 is 1.43 bits per heavy atom. The van der Waals surface area contributed by atoms with Gasteiger partial charge in [0.25, 0.3) is 0 Å². The SMILES string of the molecule is COc1ccc2[nH]cc(CCNC(=O)CCC(N)C(=O)O)c2c1. The van der Waals surface area contributed by atoms with Crippen LogP contribution in [0.25, 0.3) is 10.9 Å². The molecule has 1 aromatic carbocycles. The summed E-state index contributed by atoms with van der Waals surface area (Å²) in [5.74, 6) is -0.505. The van der Waals surface area contributed by atoms with Crippen molar-refractivity contribution in [2.75, 3.05) is 13.7 Å². The number of nitrogens with two attached hydrogens (primary N) is 1. The third-order valence-electron chi connectivity index (χ3n) is 3.69. The summed E-state index contributed by atoms with van der Waals surface area (Å²) >= 11 is 0. The van der Waals surface area contributed by atoms with Crippen molar-refractivity contribution in [1.29, 1.82) is 0 Å². The van der Waals surface area contributed by atoms with Gasteiger partial charge in [0.1, 0.15) is 11.8 Å². The fraction of sp³-hybridized carbons (Fsp3) is 0.375. The van der Waals surface area contributed by atoms with Gasteiger partial charge in [-0.2, -0.15) is 0 Å².